The summed E-state index contributed by atoms with van der Waals surface area (Å²) >= 11 is 22.9. The van der Waals surface area contributed by atoms with Crippen molar-refractivity contribution in [3.63, 3.8) is 0 Å². The molecule has 0 unspecified atom stereocenters. The Hall–Kier alpha value is -4.74. The highest BCUT2D eigenvalue weighted by molar-refractivity contribution is 7.24. The Morgan fingerprint density at radius 3 is 0.646 bits per heavy atom. The summed E-state index contributed by atoms with van der Waals surface area (Å²) in [5.41, 5.74) is 19.8. The van der Waals surface area contributed by atoms with Crippen LogP contribution in [-0.4, -0.2) is 48.6 Å². The highest BCUT2D eigenvalue weighted by atomic mass is 32.1. The molecule has 127 heavy (non-hydrogen) atoms. The Morgan fingerprint density at radius 2 is 0.417 bits per heavy atom. The largest absolute Gasteiger partial charge is 0.466 e. The molecule has 0 radical (unpaired) electrons. The van der Waals surface area contributed by atoms with Gasteiger partial charge in [0.2, 0.25) is 0 Å². The van der Waals surface area contributed by atoms with E-state index in [1.54, 1.807) is 64.0 Å². The first-order valence-corrected chi connectivity index (χ1v) is 59.5. The molecule has 0 amide bonds. The lowest BCUT2D eigenvalue weighted by Gasteiger charge is -2.31. The highest BCUT2D eigenvalue weighted by Crippen LogP contribution is 2.68. The number of esters is 2. The van der Waals surface area contributed by atoms with E-state index in [2.05, 4.69) is 165 Å². The van der Waals surface area contributed by atoms with Gasteiger partial charge >= 0.3 is 11.9 Å². The Morgan fingerprint density at radius 1 is 0.236 bits per heavy atom. The molecular formula is C109H140O6S12. The molecular weight excluding hydrogens is 1790 g/mol. The molecule has 0 saturated carbocycles. The smallest absolute Gasteiger partial charge is 0.305 e. The molecule has 0 saturated heterocycles. The summed E-state index contributed by atoms with van der Waals surface area (Å²) < 4.78 is 9.98. The molecule has 0 fully saturated rings. The van der Waals surface area contributed by atoms with Crippen molar-refractivity contribution >= 4 is 148 Å². The Balaban J connectivity index is 0.000000130. The van der Waals surface area contributed by atoms with E-state index >= 15 is 0 Å². The maximum absolute atomic E-state index is 11.5. The van der Waals surface area contributed by atoms with E-state index in [0.717, 1.165) is 38.5 Å². The number of fused-ring (bicyclic) bond motifs is 22. The van der Waals surface area contributed by atoms with Crippen LogP contribution >= 0.6 is 136 Å². The normalized spacial score (nSPS) is 14.6. The summed E-state index contributed by atoms with van der Waals surface area (Å²) in [5, 5.41) is 45.0. The first-order chi connectivity index (χ1) is 62.4. The number of rotatable bonds is 50. The number of hydrogen-bond donors (Lipinski definition) is 2. The summed E-state index contributed by atoms with van der Waals surface area (Å²) in [6.07, 6.45) is 54.6. The number of thiophene rings is 12. The minimum atomic E-state index is -0.0465. The van der Waals surface area contributed by atoms with Crippen molar-refractivity contribution in [1.29, 1.82) is 0 Å². The molecule has 6 aliphatic carbocycles. The number of carbonyl (C=O) groups excluding carboxylic acids is 2. The van der Waals surface area contributed by atoms with E-state index in [-0.39, 0.29) is 33.6 Å². The van der Waals surface area contributed by atoms with E-state index in [9.17, 15) is 9.59 Å². The molecule has 12 aromatic rings. The second-order valence-corrected chi connectivity index (χ2v) is 47.6. The van der Waals surface area contributed by atoms with E-state index in [1.807, 2.05) is 150 Å². The van der Waals surface area contributed by atoms with Gasteiger partial charge in [0.15, 0.2) is 0 Å². The van der Waals surface area contributed by atoms with E-state index < -0.39 is 0 Å². The van der Waals surface area contributed by atoms with Gasteiger partial charge in [0.05, 0.1) is 18.6 Å². The van der Waals surface area contributed by atoms with Crippen LogP contribution in [0.3, 0.4) is 0 Å². The number of hydrogen-bond acceptors (Lipinski definition) is 18. The van der Waals surface area contributed by atoms with Gasteiger partial charge in [-0.15, -0.1) is 136 Å². The summed E-state index contributed by atoms with van der Waals surface area (Å²) in [7, 11) is 0. The van der Waals surface area contributed by atoms with Crippen LogP contribution in [0.25, 0.3) is 58.5 Å². The van der Waals surface area contributed by atoms with Crippen molar-refractivity contribution in [2.24, 2.45) is 0 Å². The molecule has 6 aliphatic rings. The Bertz CT molecular complexity index is 4930. The third kappa shape index (κ3) is 22.1. The average molecular weight is 1930 g/mol. The summed E-state index contributed by atoms with van der Waals surface area (Å²) in [5.74, 6) is -0.0849. The molecule has 0 atom stereocenters. The second kappa shape index (κ2) is 49.0. The summed E-state index contributed by atoms with van der Waals surface area (Å²) in [6.45, 7) is 14.9. The van der Waals surface area contributed by atoms with Crippen molar-refractivity contribution in [2.45, 2.75) is 351 Å². The van der Waals surface area contributed by atoms with Gasteiger partial charge in [0.1, 0.15) is 0 Å². The minimum Gasteiger partial charge on any atom is -0.466 e. The standard InChI is InChI=1S/C28H42O2S2.C25H38OS2.C21H28O2S2.C18H24OS2.C17H8S4/c1-3-5-6-7-11-14-19-28(20-15-12-9-8-10-13-16-25(29)30-4-2)23-17-21-31-26(23)27-24(28)18-22-32-27;1-2-3-4-5-8-11-16-25(17-12-9-6-7-10-13-18-26)21-14-19-27-23(21)24-22(25)15-20-28-24;1-3-23-18(22)10-8-6-4-5-7-9-13-21(2)16-11-14-24-19(16)20-17(21)12-15-25-20;1-18(10-6-4-2-3-5-7-11-19)14-8-12-20-16(14)17-15(18)9-13-21-17;1-5-18-13-9(1)17(10-2-6-19-14(10)13)11-3-7-20-15(11)16-12(17)4-8-21-16/h17-18,21-22H,3-16,19-20H2,1-2H3;14-15,19-20,26H,2-13,16-18H2,1H3;11-12,14-15H,3-10,13H2,1-2H3;8-9,12-13,19H,2-7,10-11H2,1H3;1-8H. The predicted molar refractivity (Wildman–Crippen MR) is 561 cm³/mol. The summed E-state index contributed by atoms with van der Waals surface area (Å²) in [6, 6.07) is 28.5. The van der Waals surface area contributed by atoms with Gasteiger partial charge in [0.25, 0.3) is 0 Å². The molecule has 18 rings (SSSR count). The maximum Gasteiger partial charge on any atom is 0.305 e. The van der Waals surface area contributed by atoms with Gasteiger partial charge < -0.3 is 19.7 Å². The number of aliphatic hydroxyl groups is 2. The van der Waals surface area contributed by atoms with Crippen LogP contribution < -0.4 is 0 Å². The molecule has 0 aliphatic heterocycles. The molecule has 2 N–H and O–H groups in total. The third-order valence-corrected chi connectivity index (χ3v) is 40.4. The quantitative estimate of drug-likeness (QED) is 0.0291. The van der Waals surface area contributed by atoms with Gasteiger partial charge in [0, 0.05) is 106 Å². The zero-order valence-corrected chi connectivity index (χ0v) is 86.5. The van der Waals surface area contributed by atoms with Crippen LogP contribution in [0, 0.1) is 0 Å². The first kappa shape index (κ1) is 98.3. The second-order valence-electron chi connectivity index (χ2n) is 36.6. The lowest BCUT2D eigenvalue weighted by Crippen LogP contribution is -2.24. The molecule has 684 valence electrons. The fourth-order valence-corrected chi connectivity index (χ4v) is 34.9. The van der Waals surface area contributed by atoms with Crippen LogP contribution in [0.2, 0.25) is 0 Å². The molecule has 0 bridgehead atoms. The van der Waals surface area contributed by atoms with Crippen molar-refractivity contribution in [1.82, 2.24) is 0 Å². The first-order valence-electron chi connectivity index (χ1n) is 48.9. The zero-order valence-electron chi connectivity index (χ0n) is 76.7. The number of ether oxygens (including phenoxy) is 2. The van der Waals surface area contributed by atoms with Crippen LogP contribution in [0.15, 0.2) is 137 Å². The topological polar surface area (TPSA) is 93.1 Å². The van der Waals surface area contributed by atoms with E-state index in [1.165, 1.54) is 292 Å². The lowest BCUT2D eigenvalue weighted by molar-refractivity contribution is -0.144. The monoisotopic (exact) mass is 1930 g/mol. The molecule has 0 aromatic carbocycles. The van der Waals surface area contributed by atoms with Crippen LogP contribution in [-0.2, 0) is 46.1 Å². The number of carbonyl (C=O) groups is 2. The average Bonchev–Trinajstić information content (AvgIpc) is 1.50. The van der Waals surface area contributed by atoms with Crippen LogP contribution in [0.4, 0.5) is 0 Å². The Kier molecular flexibility index (Phi) is 37.9. The highest BCUT2D eigenvalue weighted by Gasteiger charge is 2.55. The van der Waals surface area contributed by atoms with Crippen molar-refractivity contribution in [3.8, 4) is 58.5 Å². The van der Waals surface area contributed by atoms with Gasteiger partial charge in [-0.05, 0) is 282 Å². The fourth-order valence-electron chi connectivity index (χ4n) is 21.8. The molecule has 6 nitrogen and oxygen atoms in total. The lowest BCUT2D eigenvalue weighted by atomic mass is 9.71. The van der Waals surface area contributed by atoms with Crippen molar-refractivity contribution in [3.05, 3.63) is 204 Å². The molecule has 12 aromatic heterocycles. The van der Waals surface area contributed by atoms with Crippen molar-refractivity contribution < 1.29 is 29.3 Å². The fraction of sp³-hybridized carbons (Fsp3) is 0.541. The van der Waals surface area contributed by atoms with Crippen LogP contribution in [0.5, 0.6) is 0 Å². The Labute approximate surface area is 809 Å². The van der Waals surface area contributed by atoms with E-state index in [0.29, 0.717) is 44.7 Å². The predicted octanol–water partition coefficient (Wildman–Crippen LogP) is 36.9. The SMILES string of the molecule is CC1(CCCCCCCCO)c2ccsc2-c2sccc21.CCCCCCCCC1(CCCCCCCCC(=O)OCC)c2ccsc2-c2sccc21.CCCCCCCCC1(CCCCCCCCO)c2ccsc2-c2sccc21.CCOC(=O)CCCCCCCCC1(C)c2ccsc2-c2sccc21.c1cc2c(s1)-c1sccc1C21c2ccsc2-c2sccc21. The molecule has 1 spiro atoms. The molecule has 12 heterocycles. The number of aliphatic hydroxyl groups excluding tert-OH is 2. The van der Waals surface area contributed by atoms with Gasteiger partial charge in [-0.1, -0.05) is 233 Å². The zero-order chi connectivity index (χ0) is 88.3. The van der Waals surface area contributed by atoms with Crippen LogP contribution in [0.1, 0.15) is 391 Å². The number of unbranched alkanes of at least 4 members (excludes halogenated alkanes) is 30. The van der Waals surface area contributed by atoms with E-state index in [4.69, 9.17) is 19.7 Å². The van der Waals surface area contributed by atoms with Gasteiger partial charge in [-0.2, -0.15) is 0 Å². The summed E-state index contributed by atoms with van der Waals surface area (Å²) in [4.78, 5) is 41.0. The third-order valence-electron chi connectivity index (χ3n) is 28.4. The maximum atomic E-state index is 11.5. The van der Waals surface area contributed by atoms with Crippen molar-refractivity contribution in [2.75, 3.05) is 26.4 Å². The van der Waals surface area contributed by atoms with Gasteiger partial charge in [-0.3, -0.25) is 9.59 Å². The minimum absolute atomic E-state index is 0.0185. The van der Waals surface area contributed by atoms with Gasteiger partial charge in [-0.25, -0.2) is 0 Å². The molecule has 18 heteroatoms.